The third-order valence-corrected chi connectivity index (χ3v) is 2.25. The standard InChI is InChI=1S/C11H14O4/c1-6-3-8(4-7(2)10(6)13)5-9(12)11(14)15/h3-4,9,12-13H,5H2,1-2H3,(H,14,15)/p-1/t9-/m1/s1. The van der Waals surface area contributed by atoms with Crippen molar-refractivity contribution < 1.29 is 20.1 Å². The van der Waals surface area contributed by atoms with E-state index < -0.39 is 12.1 Å². The van der Waals surface area contributed by atoms with E-state index in [2.05, 4.69) is 0 Å². The van der Waals surface area contributed by atoms with Crippen molar-refractivity contribution in [2.24, 2.45) is 0 Å². The van der Waals surface area contributed by atoms with Crippen molar-refractivity contribution in [2.75, 3.05) is 0 Å². The second-order valence-electron chi connectivity index (χ2n) is 3.62. The van der Waals surface area contributed by atoms with Gasteiger partial charge in [-0.3, -0.25) is 0 Å². The number of aliphatic hydroxyl groups excluding tert-OH is 1. The fraction of sp³-hybridized carbons (Fsp3) is 0.364. The molecule has 1 aromatic rings. The average Bonchev–Trinajstić information content (AvgIpc) is 2.13. The van der Waals surface area contributed by atoms with Crippen LogP contribution in [0.1, 0.15) is 16.7 Å². The molecular formula is C11H13O4-. The van der Waals surface area contributed by atoms with E-state index in [4.69, 9.17) is 5.11 Å². The number of phenols is 1. The number of carboxylic acid groups (broad SMARTS) is 1. The van der Waals surface area contributed by atoms with Gasteiger partial charge in [0.15, 0.2) is 0 Å². The minimum absolute atomic E-state index is 0.00963. The predicted molar refractivity (Wildman–Crippen MR) is 52.3 cm³/mol. The van der Waals surface area contributed by atoms with E-state index in [1.807, 2.05) is 0 Å². The van der Waals surface area contributed by atoms with Crippen LogP contribution in [0.3, 0.4) is 0 Å². The lowest BCUT2D eigenvalue weighted by atomic mass is 10.0. The summed E-state index contributed by atoms with van der Waals surface area (Å²) in [7, 11) is 0. The highest BCUT2D eigenvalue weighted by Gasteiger charge is 2.09. The summed E-state index contributed by atoms with van der Waals surface area (Å²) in [4.78, 5) is 10.3. The van der Waals surface area contributed by atoms with Crippen LogP contribution in [0.5, 0.6) is 5.75 Å². The molecule has 1 atom stereocenters. The van der Waals surface area contributed by atoms with Gasteiger partial charge in [0.1, 0.15) is 5.75 Å². The third-order valence-electron chi connectivity index (χ3n) is 2.25. The molecule has 0 aromatic heterocycles. The van der Waals surface area contributed by atoms with Gasteiger partial charge in [-0.1, -0.05) is 12.1 Å². The monoisotopic (exact) mass is 209 g/mol. The first-order chi connectivity index (χ1) is 6.91. The van der Waals surface area contributed by atoms with Gasteiger partial charge in [0.25, 0.3) is 0 Å². The van der Waals surface area contributed by atoms with Crippen molar-refractivity contribution in [1.29, 1.82) is 0 Å². The van der Waals surface area contributed by atoms with Crippen LogP contribution in [0.4, 0.5) is 0 Å². The molecule has 0 amide bonds. The van der Waals surface area contributed by atoms with E-state index in [1.54, 1.807) is 26.0 Å². The molecule has 82 valence electrons. The van der Waals surface area contributed by atoms with Gasteiger partial charge in [0.05, 0.1) is 12.1 Å². The van der Waals surface area contributed by atoms with Gasteiger partial charge in [-0.25, -0.2) is 0 Å². The van der Waals surface area contributed by atoms with Crippen molar-refractivity contribution in [3.63, 3.8) is 0 Å². The molecule has 0 saturated heterocycles. The molecule has 0 fully saturated rings. The highest BCUT2D eigenvalue weighted by molar-refractivity contribution is 5.70. The Morgan fingerprint density at radius 3 is 2.27 bits per heavy atom. The maximum Gasteiger partial charge on any atom is 0.121 e. The number of carbonyl (C=O) groups is 1. The number of aryl methyl sites for hydroxylation is 2. The third kappa shape index (κ3) is 2.70. The Kier molecular flexibility index (Phi) is 3.31. The van der Waals surface area contributed by atoms with E-state index in [-0.39, 0.29) is 12.2 Å². The van der Waals surface area contributed by atoms with Crippen LogP contribution in [0.2, 0.25) is 0 Å². The molecule has 4 nitrogen and oxygen atoms in total. The average molecular weight is 209 g/mol. The molecule has 0 spiro atoms. The molecule has 1 aromatic carbocycles. The van der Waals surface area contributed by atoms with Crippen LogP contribution in [-0.4, -0.2) is 22.3 Å². The van der Waals surface area contributed by atoms with E-state index in [0.29, 0.717) is 16.7 Å². The molecule has 0 bridgehead atoms. The van der Waals surface area contributed by atoms with Gasteiger partial charge in [0.2, 0.25) is 0 Å². The largest absolute Gasteiger partial charge is 0.547 e. The Morgan fingerprint density at radius 2 is 1.87 bits per heavy atom. The maximum absolute atomic E-state index is 10.3. The first kappa shape index (κ1) is 11.5. The summed E-state index contributed by atoms with van der Waals surface area (Å²) >= 11 is 0. The zero-order valence-electron chi connectivity index (χ0n) is 8.65. The summed E-state index contributed by atoms with van der Waals surface area (Å²) in [6.45, 7) is 3.44. The molecule has 0 aliphatic heterocycles. The minimum atomic E-state index is -1.51. The number of hydrogen-bond donors (Lipinski definition) is 2. The normalized spacial score (nSPS) is 12.5. The Labute approximate surface area is 87.8 Å². The Bertz CT molecular complexity index is 361. The molecular weight excluding hydrogens is 196 g/mol. The predicted octanol–water partition coefficient (Wildman–Crippen LogP) is -0.338. The SMILES string of the molecule is Cc1cc(C[C@@H](O)C(=O)[O-])cc(C)c1O. The molecule has 0 saturated carbocycles. The zero-order valence-corrected chi connectivity index (χ0v) is 8.65. The molecule has 0 unspecified atom stereocenters. The molecule has 0 aliphatic rings. The first-order valence-electron chi connectivity index (χ1n) is 4.60. The van der Waals surface area contributed by atoms with Gasteiger partial charge < -0.3 is 20.1 Å². The number of rotatable bonds is 3. The topological polar surface area (TPSA) is 80.6 Å². The Balaban J connectivity index is 2.92. The maximum atomic E-state index is 10.3. The number of carboxylic acids is 1. The van der Waals surface area contributed by atoms with E-state index >= 15 is 0 Å². The smallest absolute Gasteiger partial charge is 0.121 e. The summed E-state index contributed by atoms with van der Waals surface area (Å²) in [5, 5.41) is 28.9. The fourth-order valence-electron chi connectivity index (χ4n) is 1.47. The van der Waals surface area contributed by atoms with Crippen molar-refractivity contribution in [1.82, 2.24) is 0 Å². The van der Waals surface area contributed by atoms with Gasteiger partial charge in [-0.2, -0.15) is 0 Å². The van der Waals surface area contributed by atoms with Crippen LogP contribution >= 0.6 is 0 Å². The van der Waals surface area contributed by atoms with E-state index in [1.165, 1.54) is 0 Å². The van der Waals surface area contributed by atoms with Crippen LogP contribution in [0.25, 0.3) is 0 Å². The van der Waals surface area contributed by atoms with Crippen molar-refractivity contribution in [3.8, 4) is 5.75 Å². The Morgan fingerprint density at radius 1 is 1.40 bits per heavy atom. The summed E-state index contributed by atoms with van der Waals surface area (Å²) in [6.07, 6.45) is -1.52. The molecule has 2 N–H and O–H groups in total. The summed E-state index contributed by atoms with van der Waals surface area (Å²) in [5.74, 6) is -1.29. The second kappa shape index (κ2) is 4.31. The van der Waals surface area contributed by atoms with E-state index in [0.717, 1.165) is 0 Å². The van der Waals surface area contributed by atoms with Crippen LogP contribution in [0.15, 0.2) is 12.1 Å². The number of phenolic OH excluding ortho intramolecular Hbond substituents is 1. The van der Waals surface area contributed by atoms with Gasteiger partial charge in [-0.05, 0) is 30.5 Å². The highest BCUT2D eigenvalue weighted by atomic mass is 16.4. The van der Waals surface area contributed by atoms with E-state index in [9.17, 15) is 15.0 Å². The lowest BCUT2D eigenvalue weighted by Crippen LogP contribution is -2.36. The highest BCUT2D eigenvalue weighted by Crippen LogP contribution is 2.23. The lowest BCUT2D eigenvalue weighted by molar-refractivity contribution is -0.314. The summed E-state index contributed by atoms with van der Waals surface area (Å²) in [5.41, 5.74) is 1.99. The molecule has 1 rings (SSSR count). The molecule has 0 heterocycles. The number of benzene rings is 1. The van der Waals surface area contributed by atoms with Crippen LogP contribution in [-0.2, 0) is 11.2 Å². The molecule has 4 heteroatoms. The number of aromatic hydroxyl groups is 1. The van der Waals surface area contributed by atoms with Gasteiger partial charge in [-0.15, -0.1) is 0 Å². The van der Waals surface area contributed by atoms with Crippen molar-refractivity contribution in [2.45, 2.75) is 26.4 Å². The molecule has 0 aliphatic carbocycles. The number of carbonyl (C=O) groups excluding carboxylic acids is 1. The quantitative estimate of drug-likeness (QED) is 0.713. The number of hydrogen-bond acceptors (Lipinski definition) is 4. The number of aliphatic hydroxyl groups is 1. The van der Waals surface area contributed by atoms with Gasteiger partial charge in [0, 0.05) is 6.42 Å². The van der Waals surface area contributed by atoms with Crippen LogP contribution in [0, 0.1) is 13.8 Å². The van der Waals surface area contributed by atoms with Crippen LogP contribution < -0.4 is 5.11 Å². The second-order valence-corrected chi connectivity index (χ2v) is 3.62. The lowest BCUT2D eigenvalue weighted by Gasteiger charge is -2.13. The number of aliphatic carboxylic acids is 1. The summed E-state index contributed by atoms with van der Waals surface area (Å²) < 4.78 is 0. The zero-order chi connectivity index (χ0) is 11.6. The van der Waals surface area contributed by atoms with Crippen molar-refractivity contribution in [3.05, 3.63) is 28.8 Å². The molecule has 15 heavy (non-hydrogen) atoms. The summed E-state index contributed by atoms with van der Waals surface area (Å²) in [6, 6.07) is 3.29. The first-order valence-corrected chi connectivity index (χ1v) is 4.60. The molecule has 0 radical (unpaired) electrons. The van der Waals surface area contributed by atoms with Crippen molar-refractivity contribution >= 4 is 5.97 Å². The fourth-order valence-corrected chi connectivity index (χ4v) is 1.47. The minimum Gasteiger partial charge on any atom is -0.547 e. The Hall–Kier alpha value is -1.55. The van der Waals surface area contributed by atoms with Gasteiger partial charge >= 0.3 is 0 Å².